The molecule has 0 atom stereocenters. The van der Waals surface area contributed by atoms with Gasteiger partial charge in [-0.2, -0.15) is 0 Å². The second-order valence-corrected chi connectivity index (χ2v) is 8.17. The minimum absolute atomic E-state index is 0.320. The molecule has 1 saturated heterocycles. The predicted octanol–water partition coefficient (Wildman–Crippen LogP) is 2.74. The molecule has 0 spiro atoms. The molecular weight excluding hydrogens is 378 g/mol. The van der Waals surface area contributed by atoms with Crippen molar-refractivity contribution in [3.8, 4) is 11.5 Å². The molecule has 0 unspecified atom stereocenters. The molecule has 7 heteroatoms. The van der Waals surface area contributed by atoms with E-state index in [9.17, 15) is 0 Å². The van der Waals surface area contributed by atoms with Gasteiger partial charge in [0.25, 0.3) is 0 Å². The lowest BCUT2D eigenvalue weighted by Crippen LogP contribution is -2.46. The summed E-state index contributed by atoms with van der Waals surface area (Å²) in [5.74, 6) is 3.62. The van der Waals surface area contributed by atoms with E-state index in [1.807, 2.05) is 26.2 Å². The summed E-state index contributed by atoms with van der Waals surface area (Å²) in [6, 6.07) is 14.6. The summed E-state index contributed by atoms with van der Waals surface area (Å²) in [5, 5.41) is 1.13. The van der Waals surface area contributed by atoms with Gasteiger partial charge >= 0.3 is 0 Å². The number of hydrogen-bond acceptors (Lipinski definition) is 7. The van der Waals surface area contributed by atoms with Crippen LogP contribution in [0.3, 0.4) is 0 Å². The van der Waals surface area contributed by atoms with Gasteiger partial charge in [0, 0.05) is 38.1 Å². The molecule has 0 aliphatic carbocycles. The maximum atomic E-state index is 5.52. The van der Waals surface area contributed by atoms with Crippen molar-refractivity contribution < 1.29 is 9.47 Å². The molecule has 2 aromatic carbocycles. The third kappa shape index (κ3) is 3.91. The molecule has 1 aromatic heterocycles. The van der Waals surface area contributed by atoms with E-state index in [1.54, 1.807) is 0 Å². The maximum absolute atomic E-state index is 5.52. The van der Waals surface area contributed by atoms with Crippen LogP contribution in [0.2, 0.25) is 0 Å². The summed E-state index contributed by atoms with van der Waals surface area (Å²) >= 11 is 0. The lowest BCUT2D eigenvalue weighted by molar-refractivity contribution is 0.174. The second-order valence-electron chi connectivity index (χ2n) is 8.17. The Morgan fingerprint density at radius 1 is 0.933 bits per heavy atom. The van der Waals surface area contributed by atoms with E-state index < -0.39 is 0 Å². The summed E-state index contributed by atoms with van der Waals surface area (Å²) in [7, 11) is 4.10. The Morgan fingerprint density at radius 3 is 2.57 bits per heavy atom. The SMILES string of the molecule is CN(C)Cc1nc(N2CCN(Cc3ccc4c(c3)OCO4)CC2)c2ccccc2n1. The lowest BCUT2D eigenvalue weighted by Gasteiger charge is -2.36. The third-order valence-corrected chi connectivity index (χ3v) is 5.60. The predicted molar refractivity (Wildman–Crippen MR) is 117 cm³/mol. The van der Waals surface area contributed by atoms with Crippen molar-refractivity contribution in [2.75, 3.05) is 52.0 Å². The fourth-order valence-corrected chi connectivity index (χ4v) is 4.12. The number of hydrogen-bond donors (Lipinski definition) is 0. The van der Waals surface area contributed by atoms with Crippen LogP contribution in [-0.2, 0) is 13.1 Å². The Bertz CT molecular complexity index is 1050. The van der Waals surface area contributed by atoms with Crippen LogP contribution in [0, 0.1) is 0 Å². The molecule has 2 aliphatic heterocycles. The number of benzene rings is 2. The molecule has 0 bridgehead atoms. The van der Waals surface area contributed by atoms with Crippen molar-refractivity contribution in [2.45, 2.75) is 13.1 Å². The van der Waals surface area contributed by atoms with Crippen LogP contribution in [0.4, 0.5) is 5.82 Å². The molecule has 0 saturated carbocycles. The standard InChI is InChI=1S/C23H27N5O2/c1-26(2)15-22-24-19-6-4-3-5-18(19)23(25-22)28-11-9-27(10-12-28)14-17-7-8-20-21(13-17)30-16-29-20/h3-8,13H,9-12,14-16H2,1-2H3. The highest BCUT2D eigenvalue weighted by Crippen LogP contribution is 2.33. The Kier molecular flexibility index (Phi) is 5.14. The first-order chi connectivity index (χ1) is 14.7. The van der Waals surface area contributed by atoms with E-state index in [0.717, 1.165) is 73.3 Å². The first-order valence-corrected chi connectivity index (χ1v) is 10.4. The van der Waals surface area contributed by atoms with E-state index in [0.29, 0.717) is 6.79 Å². The average molecular weight is 406 g/mol. The van der Waals surface area contributed by atoms with Gasteiger partial charge in [-0.1, -0.05) is 18.2 Å². The zero-order valence-corrected chi connectivity index (χ0v) is 17.5. The Hall–Kier alpha value is -2.90. The first-order valence-electron chi connectivity index (χ1n) is 10.4. The molecule has 7 nitrogen and oxygen atoms in total. The molecule has 156 valence electrons. The van der Waals surface area contributed by atoms with Crippen LogP contribution in [0.25, 0.3) is 10.9 Å². The van der Waals surface area contributed by atoms with Crippen LogP contribution in [0.1, 0.15) is 11.4 Å². The van der Waals surface area contributed by atoms with Gasteiger partial charge in [-0.3, -0.25) is 4.90 Å². The van der Waals surface area contributed by atoms with E-state index in [-0.39, 0.29) is 0 Å². The van der Waals surface area contributed by atoms with Crippen molar-refractivity contribution in [3.63, 3.8) is 0 Å². The molecule has 30 heavy (non-hydrogen) atoms. The summed E-state index contributed by atoms with van der Waals surface area (Å²) in [4.78, 5) is 16.7. The lowest BCUT2D eigenvalue weighted by atomic mass is 10.1. The van der Waals surface area contributed by atoms with E-state index in [2.05, 4.69) is 45.0 Å². The van der Waals surface area contributed by atoms with Gasteiger partial charge in [-0.05, 0) is 43.9 Å². The van der Waals surface area contributed by atoms with Crippen LogP contribution in [0.5, 0.6) is 11.5 Å². The Morgan fingerprint density at radius 2 is 1.73 bits per heavy atom. The highest BCUT2D eigenvalue weighted by molar-refractivity contribution is 5.89. The van der Waals surface area contributed by atoms with E-state index >= 15 is 0 Å². The minimum atomic E-state index is 0.320. The third-order valence-electron chi connectivity index (χ3n) is 5.60. The number of piperazine rings is 1. The van der Waals surface area contributed by atoms with Crippen LogP contribution in [0.15, 0.2) is 42.5 Å². The van der Waals surface area contributed by atoms with E-state index in [4.69, 9.17) is 19.4 Å². The maximum Gasteiger partial charge on any atom is 0.231 e. The summed E-state index contributed by atoms with van der Waals surface area (Å²) in [6.45, 7) is 5.87. The minimum Gasteiger partial charge on any atom is -0.454 e. The fourth-order valence-electron chi connectivity index (χ4n) is 4.12. The quantitative estimate of drug-likeness (QED) is 0.647. The summed E-state index contributed by atoms with van der Waals surface area (Å²) in [6.07, 6.45) is 0. The average Bonchev–Trinajstić information content (AvgIpc) is 3.21. The van der Waals surface area contributed by atoms with Gasteiger partial charge < -0.3 is 19.3 Å². The van der Waals surface area contributed by atoms with Crippen molar-refractivity contribution in [1.29, 1.82) is 0 Å². The van der Waals surface area contributed by atoms with Crippen molar-refractivity contribution in [1.82, 2.24) is 19.8 Å². The van der Waals surface area contributed by atoms with Crippen molar-refractivity contribution in [3.05, 3.63) is 53.9 Å². The van der Waals surface area contributed by atoms with Gasteiger partial charge in [-0.15, -0.1) is 0 Å². The molecule has 2 aliphatic rings. The number of para-hydroxylation sites is 1. The van der Waals surface area contributed by atoms with Gasteiger partial charge in [-0.25, -0.2) is 9.97 Å². The highest BCUT2D eigenvalue weighted by atomic mass is 16.7. The zero-order chi connectivity index (χ0) is 20.5. The number of fused-ring (bicyclic) bond motifs is 2. The zero-order valence-electron chi connectivity index (χ0n) is 17.5. The normalized spacial score (nSPS) is 16.6. The van der Waals surface area contributed by atoms with Gasteiger partial charge in [0.15, 0.2) is 11.5 Å². The monoisotopic (exact) mass is 405 g/mol. The van der Waals surface area contributed by atoms with Crippen LogP contribution >= 0.6 is 0 Å². The Balaban J connectivity index is 1.31. The van der Waals surface area contributed by atoms with E-state index in [1.165, 1.54) is 5.56 Å². The highest BCUT2D eigenvalue weighted by Gasteiger charge is 2.22. The Labute approximate surface area is 176 Å². The number of rotatable bonds is 5. The number of nitrogens with zero attached hydrogens (tertiary/aromatic N) is 5. The molecule has 0 amide bonds. The largest absolute Gasteiger partial charge is 0.454 e. The van der Waals surface area contributed by atoms with Crippen LogP contribution in [-0.4, -0.2) is 66.8 Å². The molecule has 0 radical (unpaired) electrons. The first kappa shape index (κ1) is 19.1. The fraction of sp³-hybridized carbons (Fsp3) is 0.391. The van der Waals surface area contributed by atoms with Crippen molar-refractivity contribution >= 4 is 16.7 Å². The smallest absolute Gasteiger partial charge is 0.231 e. The molecule has 5 rings (SSSR count). The molecule has 3 heterocycles. The molecule has 1 fully saturated rings. The van der Waals surface area contributed by atoms with Gasteiger partial charge in [0.05, 0.1) is 12.1 Å². The molecular formula is C23H27N5O2. The van der Waals surface area contributed by atoms with Gasteiger partial charge in [0.1, 0.15) is 11.6 Å². The van der Waals surface area contributed by atoms with Crippen LogP contribution < -0.4 is 14.4 Å². The topological polar surface area (TPSA) is 54.0 Å². The van der Waals surface area contributed by atoms with Crippen molar-refractivity contribution in [2.24, 2.45) is 0 Å². The number of ether oxygens (including phenoxy) is 2. The molecule has 0 N–H and O–H groups in total. The summed E-state index contributed by atoms with van der Waals surface area (Å²) in [5.41, 5.74) is 2.27. The number of anilines is 1. The number of aromatic nitrogens is 2. The van der Waals surface area contributed by atoms with Gasteiger partial charge in [0.2, 0.25) is 6.79 Å². The second kappa shape index (κ2) is 8.08. The summed E-state index contributed by atoms with van der Waals surface area (Å²) < 4.78 is 10.9. The molecule has 3 aromatic rings.